The fourth-order valence-electron chi connectivity index (χ4n) is 2.91. The molecule has 0 radical (unpaired) electrons. The van der Waals surface area contributed by atoms with Crippen LogP contribution in [-0.4, -0.2) is 78.3 Å². The molecule has 0 bridgehead atoms. The number of amides is 3. The molecule has 2 saturated heterocycles. The Kier molecular flexibility index (Phi) is 4.37. The minimum absolute atomic E-state index is 0.0803. The second kappa shape index (κ2) is 6.46. The Labute approximate surface area is 138 Å². The van der Waals surface area contributed by atoms with E-state index in [0.717, 1.165) is 0 Å². The zero-order valence-corrected chi connectivity index (χ0v) is 13.3. The van der Waals surface area contributed by atoms with Gasteiger partial charge in [-0.3, -0.25) is 14.4 Å². The van der Waals surface area contributed by atoms with Crippen molar-refractivity contribution in [1.82, 2.24) is 14.7 Å². The SMILES string of the molecule is CN1CC(=O)N2CCN(C(=O)COc3ccc(F)cc3)C[C@@H]2C1=O. The summed E-state index contributed by atoms with van der Waals surface area (Å²) < 4.78 is 18.2. The molecule has 2 fully saturated rings. The molecule has 0 N–H and O–H groups in total. The smallest absolute Gasteiger partial charge is 0.260 e. The average Bonchev–Trinajstić information content (AvgIpc) is 2.58. The summed E-state index contributed by atoms with van der Waals surface area (Å²) in [6.07, 6.45) is 0. The van der Waals surface area contributed by atoms with Gasteiger partial charge in [0, 0.05) is 20.1 Å². The molecule has 3 rings (SSSR count). The first-order valence-corrected chi connectivity index (χ1v) is 7.66. The van der Waals surface area contributed by atoms with E-state index < -0.39 is 6.04 Å². The summed E-state index contributed by atoms with van der Waals surface area (Å²) in [5.41, 5.74) is 0. The highest BCUT2D eigenvalue weighted by Gasteiger charge is 2.42. The molecule has 1 aromatic carbocycles. The standard InChI is InChI=1S/C16H18FN3O4/c1-18-9-14(21)20-7-6-19(8-13(20)16(18)23)15(22)10-24-12-4-2-11(17)3-5-12/h2-5,13H,6-10H2,1H3/t13-/m1/s1. The number of rotatable bonds is 3. The van der Waals surface area contributed by atoms with E-state index in [1.807, 2.05) is 0 Å². The minimum atomic E-state index is -0.625. The van der Waals surface area contributed by atoms with Gasteiger partial charge in [-0.2, -0.15) is 0 Å². The molecule has 2 aliphatic rings. The number of benzene rings is 1. The van der Waals surface area contributed by atoms with Crippen LogP contribution in [0, 0.1) is 5.82 Å². The van der Waals surface area contributed by atoms with Crippen LogP contribution in [0.3, 0.4) is 0 Å². The number of piperazine rings is 2. The first kappa shape index (κ1) is 16.2. The highest BCUT2D eigenvalue weighted by molar-refractivity contribution is 5.95. The van der Waals surface area contributed by atoms with Crippen LogP contribution in [0.5, 0.6) is 5.75 Å². The lowest BCUT2D eigenvalue weighted by Gasteiger charge is -2.45. The fraction of sp³-hybridized carbons (Fsp3) is 0.438. The molecular weight excluding hydrogens is 317 g/mol. The largest absolute Gasteiger partial charge is 0.484 e. The van der Waals surface area contributed by atoms with Crippen molar-refractivity contribution >= 4 is 17.7 Å². The van der Waals surface area contributed by atoms with Crippen molar-refractivity contribution in [3.63, 3.8) is 0 Å². The van der Waals surface area contributed by atoms with Gasteiger partial charge < -0.3 is 19.4 Å². The third kappa shape index (κ3) is 3.17. The number of hydrogen-bond acceptors (Lipinski definition) is 4. The van der Waals surface area contributed by atoms with E-state index in [2.05, 4.69) is 0 Å². The van der Waals surface area contributed by atoms with Gasteiger partial charge in [0.15, 0.2) is 6.61 Å². The number of hydrogen-bond donors (Lipinski definition) is 0. The normalized spacial score (nSPS) is 20.9. The Morgan fingerprint density at radius 2 is 1.96 bits per heavy atom. The van der Waals surface area contributed by atoms with E-state index in [1.54, 1.807) is 7.05 Å². The highest BCUT2D eigenvalue weighted by Crippen LogP contribution is 2.18. The summed E-state index contributed by atoms with van der Waals surface area (Å²) >= 11 is 0. The Bertz CT molecular complexity index is 664. The summed E-state index contributed by atoms with van der Waals surface area (Å²) in [7, 11) is 1.58. The van der Waals surface area contributed by atoms with Crippen molar-refractivity contribution in [3.8, 4) is 5.75 Å². The molecule has 7 nitrogen and oxygen atoms in total. The molecule has 1 atom stereocenters. The molecule has 0 saturated carbocycles. The second-order valence-electron chi connectivity index (χ2n) is 5.88. The monoisotopic (exact) mass is 335 g/mol. The third-order valence-corrected chi connectivity index (χ3v) is 4.26. The number of fused-ring (bicyclic) bond motifs is 1. The molecule has 1 aromatic rings. The van der Waals surface area contributed by atoms with Gasteiger partial charge in [0.2, 0.25) is 11.8 Å². The molecule has 128 valence electrons. The molecule has 0 unspecified atom stereocenters. The molecule has 0 aromatic heterocycles. The van der Waals surface area contributed by atoms with E-state index in [1.165, 1.54) is 39.0 Å². The maximum atomic E-state index is 12.8. The third-order valence-electron chi connectivity index (χ3n) is 4.26. The zero-order valence-electron chi connectivity index (χ0n) is 13.3. The van der Waals surface area contributed by atoms with E-state index in [-0.39, 0.29) is 43.2 Å². The lowest BCUT2D eigenvalue weighted by molar-refractivity contribution is -0.160. The summed E-state index contributed by atoms with van der Waals surface area (Å²) in [6.45, 7) is 0.754. The molecule has 8 heteroatoms. The van der Waals surface area contributed by atoms with Crippen LogP contribution in [-0.2, 0) is 14.4 Å². The molecule has 2 heterocycles. The lowest BCUT2D eigenvalue weighted by atomic mass is 10.1. The van der Waals surface area contributed by atoms with E-state index in [9.17, 15) is 18.8 Å². The highest BCUT2D eigenvalue weighted by atomic mass is 19.1. The van der Waals surface area contributed by atoms with Gasteiger partial charge in [-0.25, -0.2) is 4.39 Å². The van der Waals surface area contributed by atoms with Gasteiger partial charge in [0.25, 0.3) is 5.91 Å². The number of likely N-dealkylation sites (N-methyl/N-ethyl adjacent to an activating group) is 1. The Morgan fingerprint density at radius 3 is 2.67 bits per heavy atom. The summed E-state index contributed by atoms with van der Waals surface area (Å²) in [5.74, 6) is -0.516. The van der Waals surface area contributed by atoms with Crippen LogP contribution in [0.15, 0.2) is 24.3 Å². The predicted octanol–water partition coefficient (Wildman–Crippen LogP) is -0.284. The summed E-state index contributed by atoms with van der Waals surface area (Å²) in [5, 5.41) is 0. The maximum absolute atomic E-state index is 12.8. The molecule has 0 spiro atoms. The number of ether oxygens (including phenoxy) is 1. The Hall–Kier alpha value is -2.64. The van der Waals surface area contributed by atoms with Gasteiger partial charge in [-0.1, -0.05) is 0 Å². The van der Waals surface area contributed by atoms with Crippen molar-refractivity contribution in [2.75, 3.05) is 39.8 Å². The fourth-order valence-corrected chi connectivity index (χ4v) is 2.91. The maximum Gasteiger partial charge on any atom is 0.260 e. The van der Waals surface area contributed by atoms with Gasteiger partial charge in [-0.05, 0) is 24.3 Å². The zero-order chi connectivity index (χ0) is 17.3. The number of carbonyl (C=O) groups excluding carboxylic acids is 3. The van der Waals surface area contributed by atoms with Crippen LogP contribution in [0.25, 0.3) is 0 Å². The van der Waals surface area contributed by atoms with Crippen LogP contribution in [0.2, 0.25) is 0 Å². The van der Waals surface area contributed by atoms with Gasteiger partial charge in [0.1, 0.15) is 17.6 Å². The van der Waals surface area contributed by atoms with Gasteiger partial charge >= 0.3 is 0 Å². The second-order valence-corrected chi connectivity index (χ2v) is 5.88. The lowest BCUT2D eigenvalue weighted by Crippen LogP contribution is -2.67. The Morgan fingerprint density at radius 1 is 1.25 bits per heavy atom. The van der Waals surface area contributed by atoms with Crippen LogP contribution in [0.4, 0.5) is 4.39 Å². The molecule has 0 aliphatic carbocycles. The number of halogens is 1. The van der Waals surface area contributed by atoms with Crippen molar-refractivity contribution in [2.24, 2.45) is 0 Å². The van der Waals surface area contributed by atoms with Crippen molar-refractivity contribution in [1.29, 1.82) is 0 Å². The van der Waals surface area contributed by atoms with Crippen molar-refractivity contribution in [3.05, 3.63) is 30.1 Å². The quantitative estimate of drug-likeness (QED) is 0.762. The molecule has 24 heavy (non-hydrogen) atoms. The van der Waals surface area contributed by atoms with Gasteiger partial charge in [0.05, 0.1) is 13.1 Å². The van der Waals surface area contributed by atoms with Crippen molar-refractivity contribution < 1.29 is 23.5 Å². The number of nitrogens with zero attached hydrogens (tertiary/aromatic N) is 3. The molecule has 3 amide bonds. The first-order valence-electron chi connectivity index (χ1n) is 7.66. The topological polar surface area (TPSA) is 70.2 Å². The van der Waals surface area contributed by atoms with Crippen molar-refractivity contribution in [2.45, 2.75) is 6.04 Å². The van der Waals surface area contributed by atoms with E-state index in [4.69, 9.17) is 4.74 Å². The average molecular weight is 335 g/mol. The van der Waals surface area contributed by atoms with E-state index >= 15 is 0 Å². The van der Waals surface area contributed by atoms with Crippen LogP contribution >= 0.6 is 0 Å². The summed E-state index contributed by atoms with van der Waals surface area (Å²) in [4.78, 5) is 40.9. The summed E-state index contributed by atoms with van der Waals surface area (Å²) in [6, 6.07) is 4.76. The Balaban J connectivity index is 1.59. The predicted molar refractivity (Wildman–Crippen MR) is 81.6 cm³/mol. The molecular formula is C16H18FN3O4. The van der Waals surface area contributed by atoms with Gasteiger partial charge in [-0.15, -0.1) is 0 Å². The molecule has 2 aliphatic heterocycles. The minimum Gasteiger partial charge on any atom is -0.484 e. The van der Waals surface area contributed by atoms with E-state index in [0.29, 0.717) is 18.8 Å². The first-order chi connectivity index (χ1) is 11.5. The van der Waals surface area contributed by atoms with Crippen LogP contribution < -0.4 is 4.74 Å². The number of carbonyl (C=O) groups is 3. The van der Waals surface area contributed by atoms with Crippen LogP contribution in [0.1, 0.15) is 0 Å².